The summed E-state index contributed by atoms with van der Waals surface area (Å²) in [5.74, 6) is 0. The van der Waals surface area contributed by atoms with Crippen molar-refractivity contribution in [1.82, 2.24) is 0 Å². The fourth-order valence-corrected chi connectivity index (χ4v) is 3.09. The van der Waals surface area contributed by atoms with Gasteiger partial charge >= 0.3 is 0 Å². The van der Waals surface area contributed by atoms with Gasteiger partial charge in [0.25, 0.3) is 0 Å². The van der Waals surface area contributed by atoms with Gasteiger partial charge in [0.05, 0.1) is 0 Å². The van der Waals surface area contributed by atoms with E-state index in [1.807, 2.05) is 11.8 Å². The Morgan fingerprint density at radius 2 is 1.61 bits per heavy atom. The lowest BCUT2D eigenvalue weighted by atomic mass is 10.0. The van der Waals surface area contributed by atoms with Crippen LogP contribution in [0.1, 0.15) is 16.7 Å². The Morgan fingerprint density at radius 1 is 0.889 bits per heavy atom. The highest BCUT2D eigenvalue weighted by Gasteiger charge is 2.04. The molecule has 0 bridgehead atoms. The van der Waals surface area contributed by atoms with Crippen LogP contribution in [-0.2, 0) is 6.42 Å². The maximum atomic E-state index is 2.29. The van der Waals surface area contributed by atoms with Crippen molar-refractivity contribution in [2.24, 2.45) is 0 Å². The van der Waals surface area contributed by atoms with Crippen LogP contribution in [0.4, 0.5) is 0 Å². The molecule has 2 rings (SSSR count). The first-order valence-corrected chi connectivity index (χ1v) is 8.44. The van der Waals surface area contributed by atoms with E-state index in [0.29, 0.717) is 0 Å². The van der Waals surface area contributed by atoms with Gasteiger partial charge in [0.1, 0.15) is 0 Å². The van der Waals surface area contributed by atoms with Gasteiger partial charge in [0, 0.05) is 9.79 Å². The normalized spacial score (nSPS) is 10.6. The van der Waals surface area contributed by atoms with E-state index in [-0.39, 0.29) is 0 Å². The molecule has 2 aromatic rings. The van der Waals surface area contributed by atoms with Crippen molar-refractivity contribution >= 4 is 23.5 Å². The summed E-state index contributed by atoms with van der Waals surface area (Å²) in [4.78, 5) is 2.73. The van der Waals surface area contributed by atoms with Gasteiger partial charge in [-0.1, -0.05) is 35.9 Å². The summed E-state index contributed by atoms with van der Waals surface area (Å²) in [6.45, 7) is 2.13. The van der Waals surface area contributed by atoms with E-state index < -0.39 is 0 Å². The minimum atomic E-state index is 1.02. The first-order valence-electron chi connectivity index (χ1n) is 5.99. The van der Waals surface area contributed by atoms with Crippen LogP contribution in [0.15, 0.2) is 52.3 Å². The Bertz CT molecular complexity index is 515. The van der Waals surface area contributed by atoms with E-state index in [4.69, 9.17) is 0 Å². The van der Waals surface area contributed by atoms with Crippen molar-refractivity contribution in [2.45, 2.75) is 23.1 Å². The molecule has 0 aliphatic carbocycles. The van der Waals surface area contributed by atoms with Gasteiger partial charge in [-0.3, -0.25) is 0 Å². The molecule has 0 atom stereocenters. The Morgan fingerprint density at radius 3 is 2.22 bits per heavy atom. The second kappa shape index (κ2) is 6.35. The lowest BCUT2D eigenvalue weighted by molar-refractivity contribution is 1.11. The number of thioether (sulfide) groups is 2. The van der Waals surface area contributed by atoms with Crippen LogP contribution >= 0.6 is 23.5 Å². The maximum Gasteiger partial charge on any atom is 0.0116 e. The number of rotatable bonds is 4. The molecule has 0 saturated carbocycles. The smallest absolute Gasteiger partial charge is 0.0116 e. The number of benzene rings is 2. The molecule has 18 heavy (non-hydrogen) atoms. The third kappa shape index (κ3) is 3.33. The largest absolute Gasteiger partial charge is 0.130 e. The molecule has 0 unspecified atom stereocenters. The highest BCUT2D eigenvalue weighted by molar-refractivity contribution is 7.99. The highest BCUT2D eigenvalue weighted by atomic mass is 32.2. The topological polar surface area (TPSA) is 0 Å². The fraction of sp³-hybridized carbons (Fsp3) is 0.250. The molecule has 0 fully saturated rings. The monoisotopic (exact) mass is 274 g/mol. The molecule has 0 saturated heterocycles. The van der Waals surface area contributed by atoms with E-state index >= 15 is 0 Å². The molecular weight excluding hydrogens is 256 g/mol. The van der Waals surface area contributed by atoms with Crippen molar-refractivity contribution in [1.29, 1.82) is 0 Å². The van der Waals surface area contributed by atoms with Crippen LogP contribution < -0.4 is 0 Å². The summed E-state index contributed by atoms with van der Waals surface area (Å²) in [6, 6.07) is 15.6. The van der Waals surface area contributed by atoms with Crippen LogP contribution in [0.3, 0.4) is 0 Å². The molecule has 94 valence electrons. The molecular formula is C16H18S2. The van der Waals surface area contributed by atoms with Crippen LogP contribution in [0, 0.1) is 6.92 Å². The molecule has 0 aliphatic heterocycles. The molecule has 0 amide bonds. The summed E-state index contributed by atoms with van der Waals surface area (Å²) in [6.07, 6.45) is 5.29. The number of hydrogen-bond donors (Lipinski definition) is 0. The summed E-state index contributed by atoms with van der Waals surface area (Å²) in [5, 5.41) is 0. The third-order valence-corrected chi connectivity index (χ3v) is 4.55. The van der Waals surface area contributed by atoms with Crippen LogP contribution in [-0.4, -0.2) is 12.5 Å². The van der Waals surface area contributed by atoms with E-state index in [0.717, 1.165) is 6.42 Å². The quantitative estimate of drug-likeness (QED) is 0.717. The van der Waals surface area contributed by atoms with Gasteiger partial charge in [-0.15, -0.1) is 23.5 Å². The van der Waals surface area contributed by atoms with Crippen molar-refractivity contribution < 1.29 is 0 Å². The van der Waals surface area contributed by atoms with Crippen molar-refractivity contribution in [3.8, 4) is 0 Å². The molecule has 0 radical (unpaired) electrons. The fourth-order valence-electron chi connectivity index (χ4n) is 1.92. The standard InChI is InChI=1S/C16H18S2/c1-12-4-6-13(7-5-12)10-14-8-9-15(17-2)11-16(14)18-3/h4-9,11H,10H2,1-3H3. The van der Waals surface area contributed by atoms with Gasteiger partial charge < -0.3 is 0 Å². The predicted octanol–water partition coefficient (Wildman–Crippen LogP) is 5.03. The number of hydrogen-bond acceptors (Lipinski definition) is 2. The SMILES string of the molecule is CSc1ccc(Cc2ccc(C)cc2)c(SC)c1. The maximum absolute atomic E-state index is 2.29. The van der Waals surface area contributed by atoms with E-state index in [9.17, 15) is 0 Å². The first kappa shape index (κ1) is 13.6. The third-order valence-electron chi connectivity index (χ3n) is 3.01. The van der Waals surface area contributed by atoms with Gasteiger partial charge in [0.2, 0.25) is 0 Å². The molecule has 0 N–H and O–H groups in total. The van der Waals surface area contributed by atoms with Crippen molar-refractivity contribution in [3.63, 3.8) is 0 Å². The van der Waals surface area contributed by atoms with Crippen LogP contribution in [0.2, 0.25) is 0 Å². The minimum Gasteiger partial charge on any atom is -0.130 e. The van der Waals surface area contributed by atoms with E-state index in [2.05, 4.69) is 61.9 Å². The van der Waals surface area contributed by atoms with E-state index in [1.165, 1.54) is 26.5 Å². The zero-order valence-electron chi connectivity index (χ0n) is 11.1. The van der Waals surface area contributed by atoms with Gasteiger partial charge in [-0.05, 0) is 49.1 Å². The summed E-state index contributed by atoms with van der Waals surface area (Å²) in [5.41, 5.74) is 4.12. The number of aryl methyl sites for hydroxylation is 1. The molecule has 0 heterocycles. The molecule has 0 spiro atoms. The van der Waals surface area contributed by atoms with Gasteiger partial charge in [-0.2, -0.15) is 0 Å². The highest BCUT2D eigenvalue weighted by Crippen LogP contribution is 2.27. The summed E-state index contributed by atoms with van der Waals surface area (Å²) >= 11 is 3.64. The molecule has 2 heteroatoms. The Labute approximate surface area is 118 Å². The predicted molar refractivity (Wildman–Crippen MR) is 84.0 cm³/mol. The molecule has 0 aromatic heterocycles. The Balaban J connectivity index is 2.25. The lowest BCUT2D eigenvalue weighted by Crippen LogP contribution is -1.91. The van der Waals surface area contributed by atoms with Crippen molar-refractivity contribution in [2.75, 3.05) is 12.5 Å². The van der Waals surface area contributed by atoms with Crippen molar-refractivity contribution in [3.05, 3.63) is 59.2 Å². The zero-order valence-corrected chi connectivity index (χ0v) is 12.7. The van der Waals surface area contributed by atoms with Crippen LogP contribution in [0.25, 0.3) is 0 Å². The zero-order chi connectivity index (χ0) is 13.0. The average molecular weight is 274 g/mol. The first-order chi connectivity index (χ1) is 8.72. The molecule has 0 aliphatic rings. The molecule has 0 nitrogen and oxygen atoms in total. The Hall–Kier alpha value is -0.860. The Kier molecular flexibility index (Phi) is 4.79. The van der Waals surface area contributed by atoms with E-state index in [1.54, 1.807) is 11.8 Å². The molecule has 2 aromatic carbocycles. The summed E-state index contributed by atoms with van der Waals surface area (Å²) in [7, 11) is 0. The summed E-state index contributed by atoms with van der Waals surface area (Å²) < 4.78 is 0. The lowest BCUT2D eigenvalue weighted by Gasteiger charge is -2.09. The van der Waals surface area contributed by atoms with Gasteiger partial charge in [-0.25, -0.2) is 0 Å². The average Bonchev–Trinajstić information content (AvgIpc) is 2.41. The second-order valence-corrected chi connectivity index (χ2v) is 6.07. The minimum absolute atomic E-state index is 1.02. The second-order valence-electron chi connectivity index (χ2n) is 4.34. The van der Waals surface area contributed by atoms with Crippen LogP contribution in [0.5, 0.6) is 0 Å². The van der Waals surface area contributed by atoms with Gasteiger partial charge in [0.15, 0.2) is 0 Å².